The molecule has 53 heavy (non-hydrogen) atoms. The molecule has 1 aliphatic heterocycles. The van der Waals surface area contributed by atoms with Gasteiger partial charge in [-0.1, -0.05) is 72.8 Å². The average Bonchev–Trinajstić information content (AvgIpc) is 3.67. The number of aromatic nitrogens is 1. The molecular formula is C40H36F3N3O6S. The number of nitrogens with zero attached hydrogens (tertiary/aromatic N) is 3. The Balaban J connectivity index is 1.16. The van der Waals surface area contributed by atoms with E-state index in [9.17, 15) is 32.7 Å². The van der Waals surface area contributed by atoms with Crippen LogP contribution in [0.1, 0.15) is 61.3 Å². The first kappa shape index (κ1) is 37.1. The molecule has 274 valence electrons. The lowest BCUT2D eigenvalue weighted by Gasteiger charge is -2.31. The summed E-state index contributed by atoms with van der Waals surface area (Å²) in [6, 6.07) is 26.4. The summed E-state index contributed by atoms with van der Waals surface area (Å²) in [6.45, 7) is 0.675. The van der Waals surface area contributed by atoms with Crippen LogP contribution in [0.4, 0.5) is 13.2 Å². The Morgan fingerprint density at radius 2 is 1.60 bits per heavy atom. The van der Waals surface area contributed by atoms with Crippen LogP contribution in [-0.2, 0) is 24.1 Å². The van der Waals surface area contributed by atoms with Gasteiger partial charge in [-0.3, -0.25) is 9.59 Å². The van der Waals surface area contributed by atoms with E-state index in [0.29, 0.717) is 53.9 Å². The van der Waals surface area contributed by atoms with Gasteiger partial charge in [0, 0.05) is 42.1 Å². The molecular weight excluding hydrogens is 708 g/mol. The number of hydrogen-bond donors (Lipinski definition) is 1. The van der Waals surface area contributed by atoms with Crippen LogP contribution >= 0.6 is 11.3 Å². The summed E-state index contributed by atoms with van der Waals surface area (Å²) in [5.41, 5.74) is 2.49. The number of piperidine rings is 1. The Bertz CT molecular complexity index is 2060. The zero-order valence-electron chi connectivity index (χ0n) is 28.7. The maximum atomic E-state index is 14.1. The highest BCUT2D eigenvalue weighted by atomic mass is 32.1. The number of alkyl halides is 3. The molecule has 0 saturated carbocycles. The molecule has 2 heterocycles. The molecule has 6 rings (SSSR count). The number of carbonyl (C=O) groups excluding carboxylic acids is 2. The number of carboxylic acids is 1. The van der Waals surface area contributed by atoms with E-state index in [2.05, 4.69) is 0 Å². The van der Waals surface area contributed by atoms with Crippen molar-refractivity contribution < 1.29 is 42.1 Å². The number of halogens is 3. The van der Waals surface area contributed by atoms with Crippen LogP contribution < -0.4 is 9.47 Å². The molecule has 0 atom stereocenters. The van der Waals surface area contributed by atoms with Gasteiger partial charge in [0.1, 0.15) is 5.69 Å². The van der Waals surface area contributed by atoms with Crippen LogP contribution in [0.5, 0.6) is 11.5 Å². The fraction of sp³-hybridized carbons (Fsp3) is 0.250. The maximum Gasteiger partial charge on any atom is 0.416 e. The van der Waals surface area contributed by atoms with Crippen LogP contribution in [0.3, 0.4) is 0 Å². The van der Waals surface area contributed by atoms with Crippen molar-refractivity contribution in [3.8, 4) is 22.6 Å². The van der Waals surface area contributed by atoms with Crippen molar-refractivity contribution in [2.75, 3.05) is 26.8 Å². The molecule has 0 bridgehead atoms. The van der Waals surface area contributed by atoms with Gasteiger partial charge in [0.15, 0.2) is 18.1 Å². The largest absolute Gasteiger partial charge is 0.493 e. The monoisotopic (exact) mass is 743 g/mol. The Morgan fingerprint density at radius 1 is 0.906 bits per heavy atom. The van der Waals surface area contributed by atoms with Crippen LogP contribution in [0.25, 0.3) is 11.1 Å². The summed E-state index contributed by atoms with van der Waals surface area (Å²) in [5, 5.41) is 11.8. The highest BCUT2D eigenvalue weighted by Gasteiger charge is 2.31. The fourth-order valence-electron chi connectivity index (χ4n) is 6.35. The first-order chi connectivity index (χ1) is 25.5. The molecule has 1 aromatic heterocycles. The predicted octanol–water partition coefficient (Wildman–Crippen LogP) is 8.16. The van der Waals surface area contributed by atoms with Gasteiger partial charge in [-0.25, -0.2) is 9.78 Å². The van der Waals surface area contributed by atoms with Crippen LogP contribution in [0.15, 0.2) is 102 Å². The highest BCUT2D eigenvalue weighted by Crippen LogP contribution is 2.36. The van der Waals surface area contributed by atoms with Gasteiger partial charge in [0.25, 0.3) is 11.8 Å². The zero-order chi connectivity index (χ0) is 37.5. The van der Waals surface area contributed by atoms with E-state index >= 15 is 0 Å². The number of para-hydroxylation sites is 1. The van der Waals surface area contributed by atoms with E-state index in [1.54, 1.807) is 57.6 Å². The molecule has 0 radical (unpaired) electrons. The molecule has 0 unspecified atom stereocenters. The standard InChI is InChI=1S/C40H36F3N3O6S/c1-51-34-13-7-10-29(36(34)52-24-35(47)48)23-46(22-26-8-3-2-4-9-26)39(50)33-25-53-37(44-33)28-18-20-45(21-19-28)38(49)32-12-6-5-11-31(32)27-14-16-30(17-15-27)40(41,42)43/h2-17,25,28H,18-24H2,1H3,(H,47,48). The smallest absolute Gasteiger partial charge is 0.416 e. The number of carboxylic acid groups (broad SMARTS) is 1. The summed E-state index contributed by atoms with van der Waals surface area (Å²) in [5.74, 6) is -1.05. The molecule has 1 aliphatic rings. The van der Waals surface area contributed by atoms with E-state index in [4.69, 9.17) is 14.5 Å². The molecule has 0 spiro atoms. The Hall–Kier alpha value is -5.69. The molecule has 0 aliphatic carbocycles. The average molecular weight is 744 g/mol. The fourth-order valence-corrected chi connectivity index (χ4v) is 7.31. The number of carbonyl (C=O) groups is 3. The normalized spacial score (nSPS) is 13.4. The molecule has 9 nitrogen and oxygen atoms in total. The molecule has 1 fully saturated rings. The van der Waals surface area contributed by atoms with Crippen molar-refractivity contribution in [2.45, 2.75) is 38.0 Å². The third-order valence-corrected chi connectivity index (χ3v) is 10.0. The minimum Gasteiger partial charge on any atom is -0.493 e. The Kier molecular flexibility index (Phi) is 11.4. The van der Waals surface area contributed by atoms with Crippen LogP contribution in [0, 0.1) is 0 Å². The summed E-state index contributed by atoms with van der Waals surface area (Å²) < 4.78 is 50.4. The van der Waals surface area contributed by atoms with Gasteiger partial charge in [0.05, 0.1) is 24.2 Å². The number of hydrogen-bond acceptors (Lipinski definition) is 7. The summed E-state index contributed by atoms with van der Waals surface area (Å²) in [6.07, 6.45) is -3.21. The third kappa shape index (κ3) is 8.86. The van der Waals surface area contributed by atoms with Gasteiger partial charge in [-0.2, -0.15) is 13.2 Å². The van der Waals surface area contributed by atoms with Crippen LogP contribution in [-0.4, -0.2) is 64.5 Å². The molecule has 5 aromatic rings. The summed E-state index contributed by atoms with van der Waals surface area (Å²) >= 11 is 1.39. The highest BCUT2D eigenvalue weighted by molar-refractivity contribution is 7.09. The number of thiazole rings is 1. The SMILES string of the molecule is COc1cccc(CN(Cc2ccccc2)C(=O)c2csc(C3CCN(C(=O)c4ccccc4-c4ccc(C(F)(F)F)cc4)CC3)n2)c1OCC(=O)O. The molecule has 1 saturated heterocycles. The lowest BCUT2D eigenvalue weighted by molar-refractivity contribution is -0.139. The van der Waals surface area contributed by atoms with E-state index in [1.807, 2.05) is 30.3 Å². The molecule has 1 N–H and O–H groups in total. The van der Waals surface area contributed by atoms with Gasteiger partial charge in [-0.05, 0) is 53.8 Å². The molecule has 13 heteroatoms. The van der Waals surface area contributed by atoms with Gasteiger partial charge < -0.3 is 24.4 Å². The Morgan fingerprint density at radius 3 is 2.28 bits per heavy atom. The first-order valence-electron chi connectivity index (χ1n) is 16.9. The number of ether oxygens (including phenoxy) is 2. The summed E-state index contributed by atoms with van der Waals surface area (Å²) in [7, 11) is 1.46. The minimum atomic E-state index is -4.45. The van der Waals surface area contributed by atoms with Crippen molar-refractivity contribution in [2.24, 2.45) is 0 Å². The van der Waals surface area contributed by atoms with Crippen LogP contribution in [0.2, 0.25) is 0 Å². The predicted molar refractivity (Wildman–Crippen MR) is 193 cm³/mol. The summed E-state index contributed by atoms with van der Waals surface area (Å²) in [4.78, 5) is 47.3. The third-order valence-electron chi connectivity index (χ3n) is 9.04. The number of rotatable bonds is 12. The molecule has 2 amide bonds. The van der Waals surface area contributed by atoms with Crippen molar-refractivity contribution in [3.63, 3.8) is 0 Å². The van der Waals surface area contributed by atoms with E-state index in [0.717, 1.165) is 22.7 Å². The lowest BCUT2D eigenvalue weighted by Crippen LogP contribution is -2.38. The first-order valence-corrected chi connectivity index (χ1v) is 17.7. The van der Waals surface area contributed by atoms with Gasteiger partial charge in [0.2, 0.25) is 0 Å². The quantitative estimate of drug-likeness (QED) is 0.137. The molecule has 4 aromatic carbocycles. The van der Waals surface area contributed by atoms with Gasteiger partial charge in [-0.15, -0.1) is 11.3 Å². The lowest BCUT2D eigenvalue weighted by atomic mass is 9.94. The number of methoxy groups -OCH3 is 1. The number of likely N-dealkylation sites (tertiary alicyclic amines) is 1. The van der Waals surface area contributed by atoms with E-state index < -0.39 is 24.3 Å². The van der Waals surface area contributed by atoms with Gasteiger partial charge >= 0.3 is 12.1 Å². The second-order valence-electron chi connectivity index (χ2n) is 12.5. The second-order valence-corrected chi connectivity index (χ2v) is 13.4. The number of benzene rings is 4. The minimum absolute atomic E-state index is 0.0211. The van der Waals surface area contributed by atoms with Crippen molar-refractivity contribution in [1.29, 1.82) is 0 Å². The maximum absolute atomic E-state index is 14.1. The van der Waals surface area contributed by atoms with Crippen molar-refractivity contribution in [3.05, 3.63) is 135 Å². The Labute approximate surface area is 308 Å². The van der Waals surface area contributed by atoms with E-state index in [-0.39, 0.29) is 42.3 Å². The van der Waals surface area contributed by atoms with Crippen molar-refractivity contribution >= 4 is 29.1 Å². The van der Waals surface area contributed by atoms with Crippen molar-refractivity contribution in [1.82, 2.24) is 14.8 Å². The topological polar surface area (TPSA) is 109 Å². The number of aliphatic carboxylic acids is 1. The number of amides is 2. The zero-order valence-corrected chi connectivity index (χ0v) is 29.5. The second kappa shape index (κ2) is 16.3. The van der Waals surface area contributed by atoms with E-state index in [1.165, 1.54) is 30.6 Å².